The van der Waals surface area contributed by atoms with Crippen LogP contribution < -0.4 is 4.74 Å². The Hall–Kier alpha value is -0.560. The van der Waals surface area contributed by atoms with E-state index in [0.717, 1.165) is 6.07 Å². The summed E-state index contributed by atoms with van der Waals surface area (Å²) < 4.78 is 40.8. The van der Waals surface area contributed by atoms with Crippen molar-refractivity contribution < 1.29 is 17.9 Å². The molecule has 0 amide bonds. The van der Waals surface area contributed by atoms with E-state index in [1.807, 2.05) is 6.07 Å². The fourth-order valence-corrected chi connectivity index (χ4v) is 2.91. The Balaban J connectivity index is 3.20. The zero-order valence-electron chi connectivity index (χ0n) is 8.18. The van der Waals surface area contributed by atoms with E-state index in [2.05, 4.69) is 25.7 Å². The number of nitrogens with zero attached hydrogens (tertiary/aromatic N) is 2. The Kier molecular flexibility index (Phi) is 5.00. The molecule has 0 atom stereocenters. The highest BCUT2D eigenvalue weighted by atomic mass is 127. The van der Waals surface area contributed by atoms with Crippen LogP contribution in [0.5, 0.6) is 5.75 Å². The number of ether oxygens (including phenoxy) is 1. The molecule has 0 aliphatic heterocycles. The predicted octanol–water partition coefficient (Wildman–Crippen LogP) is 3.55. The maximum atomic E-state index is 12.2. The van der Waals surface area contributed by atoms with E-state index in [1.165, 1.54) is 0 Å². The molecule has 0 fully saturated rings. The second-order valence-electron chi connectivity index (χ2n) is 2.90. The van der Waals surface area contributed by atoms with Crippen LogP contribution in [-0.4, -0.2) is 11.3 Å². The minimum atomic E-state index is -4.76. The minimum Gasteiger partial charge on any atom is -0.405 e. The van der Waals surface area contributed by atoms with Crippen molar-refractivity contribution >= 4 is 38.5 Å². The van der Waals surface area contributed by atoms with Gasteiger partial charge in [-0.2, -0.15) is 5.26 Å². The molecular weight excluding hydrogens is 416 g/mol. The van der Waals surface area contributed by atoms with Crippen molar-refractivity contribution in [2.24, 2.45) is 0 Å². The number of rotatable bonds is 3. The van der Waals surface area contributed by atoms with Gasteiger partial charge in [-0.1, -0.05) is 15.9 Å². The van der Waals surface area contributed by atoms with Crippen LogP contribution in [-0.2, 0) is 11.8 Å². The summed E-state index contributed by atoms with van der Waals surface area (Å²) in [5.41, 5.74) is 0.561. The lowest BCUT2D eigenvalue weighted by Gasteiger charge is -2.13. The Labute approximate surface area is 117 Å². The molecule has 0 unspecified atom stereocenters. The average molecular weight is 421 g/mol. The fourth-order valence-electron chi connectivity index (χ4n) is 1.07. The molecule has 17 heavy (non-hydrogen) atoms. The van der Waals surface area contributed by atoms with Gasteiger partial charge in [0, 0.05) is 17.0 Å². The Bertz CT molecular complexity index is 459. The molecule has 1 aromatic rings. The summed E-state index contributed by atoms with van der Waals surface area (Å²) in [6.45, 7) is 0. The number of halogens is 5. The number of alkyl halides is 4. The summed E-state index contributed by atoms with van der Waals surface area (Å²) in [5.74, 6) is -0.320. The first kappa shape index (κ1) is 14.5. The van der Waals surface area contributed by atoms with Gasteiger partial charge in [0.15, 0.2) is 0 Å². The number of nitriles is 1. The van der Waals surface area contributed by atoms with Gasteiger partial charge in [0.1, 0.15) is 9.45 Å². The van der Waals surface area contributed by atoms with E-state index in [0.29, 0.717) is 9.26 Å². The lowest BCUT2D eigenvalue weighted by Crippen LogP contribution is -2.19. The van der Waals surface area contributed by atoms with Crippen LogP contribution in [0.3, 0.4) is 0 Å². The molecule has 1 heterocycles. The third kappa shape index (κ3) is 4.31. The van der Waals surface area contributed by atoms with Crippen LogP contribution >= 0.6 is 38.5 Å². The van der Waals surface area contributed by atoms with Crippen molar-refractivity contribution in [2.75, 3.05) is 0 Å². The van der Waals surface area contributed by atoms with Gasteiger partial charge in [0.05, 0.1) is 18.2 Å². The summed E-state index contributed by atoms with van der Waals surface area (Å²) in [6, 6.07) is 2.96. The molecule has 0 aromatic carbocycles. The number of hydrogen-bond donors (Lipinski definition) is 0. The van der Waals surface area contributed by atoms with Gasteiger partial charge in [-0.05, 0) is 22.6 Å². The van der Waals surface area contributed by atoms with Gasteiger partial charge in [-0.25, -0.2) is 4.98 Å². The largest absolute Gasteiger partial charge is 0.573 e. The maximum absolute atomic E-state index is 12.2. The average Bonchev–Trinajstić information content (AvgIpc) is 2.15. The molecule has 0 aliphatic carbocycles. The summed E-state index contributed by atoms with van der Waals surface area (Å²) in [6.07, 6.45) is -4.82. The van der Waals surface area contributed by atoms with Crippen LogP contribution in [0, 0.1) is 15.0 Å². The predicted molar refractivity (Wildman–Crippen MR) is 65.6 cm³/mol. The third-order valence-electron chi connectivity index (χ3n) is 1.71. The number of pyridine rings is 1. The Morgan fingerprint density at radius 3 is 2.65 bits per heavy atom. The van der Waals surface area contributed by atoms with Crippen molar-refractivity contribution in [3.63, 3.8) is 0 Å². The van der Waals surface area contributed by atoms with Crippen LogP contribution in [0.4, 0.5) is 13.2 Å². The third-order valence-corrected chi connectivity index (χ3v) is 3.16. The van der Waals surface area contributed by atoms with Gasteiger partial charge < -0.3 is 4.74 Å². The molecule has 0 saturated heterocycles. The van der Waals surface area contributed by atoms with Crippen LogP contribution in [0.25, 0.3) is 0 Å². The molecule has 0 radical (unpaired) electrons. The molecule has 0 bridgehead atoms. The smallest absolute Gasteiger partial charge is 0.405 e. The van der Waals surface area contributed by atoms with Gasteiger partial charge in [0.25, 0.3) is 0 Å². The summed E-state index contributed by atoms with van der Waals surface area (Å²) in [7, 11) is 0. The molecule has 1 rings (SSSR count). The van der Waals surface area contributed by atoms with E-state index in [9.17, 15) is 13.2 Å². The van der Waals surface area contributed by atoms with Gasteiger partial charge in [-0.3, -0.25) is 0 Å². The van der Waals surface area contributed by atoms with E-state index in [1.54, 1.807) is 22.6 Å². The Morgan fingerprint density at radius 1 is 1.53 bits per heavy atom. The first-order chi connectivity index (χ1) is 7.87. The number of aromatic nitrogens is 1. The zero-order valence-corrected chi connectivity index (χ0v) is 11.9. The quantitative estimate of drug-likeness (QED) is 0.427. The zero-order chi connectivity index (χ0) is 13.1. The SMILES string of the molecule is N#CCc1cc(OC(F)(F)F)c(CBr)c(I)n1. The van der Waals surface area contributed by atoms with E-state index in [-0.39, 0.29) is 23.2 Å². The van der Waals surface area contributed by atoms with Crippen LogP contribution in [0.15, 0.2) is 6.07 Å². The highest BCUT2D eigenvalue weighted by molar-refractivity contribution is 14.1. The van der Waals surface area contributed by atoms with Crippen molar-refractivity contribution in [1.29, 1.82) is 5.26 Å². The van der Waals surface area contributed by atoms with Gasteiger partial charge in [-0.15, -0.1) is 13.2 Å². The van der Waals surface area contributed by atoms with Crippen molar-refractivity contribution in [1.82, 2.24) is 4.98 Å². The van der Waals surface area contributed by atoms with Gasteiger partial charge >= 0.3 is 6.36 Å². The minimum absolute atomic E-state index is 0.0627. The maximum Gasteiger partial charge on any atom is 0.573 e. The molecule has 0 spiro atoms. The molecule has 8 heteroatoms. The summed E-state index contributed by atoms with van der Waals surface area (Å²) in [5, 5.41) is 8.69. The van der Waals surface area contributed by atoms with E-state index in [4.69, 9.17) is 5.26 Å². The molecule has 0 N–H and O–H groups in total. The molecule has 0 saturated carbocycles. The molecular formula is C9H5BrF3IN2O. The first-order valence-electron chi connectivity index (χ1n) is 4.24. The highest BCUT2D eigenvalue weighted by Crippen LogP contribution is 2.31. The van der Waals surface area contributed by atoms with E-state index >= 15 is 0 Å². The summed E-state index contributed by atoms with van der Waals surface area (Å²) >= 11 is 4.88. The molecule has 0 aliphatic rings. The second-order valence-corrected chi connectivity index (χ2v) is 4.48. The van der Waals surface area contributed by atoms with E-state index < -0.39 is 6.36 Å². The lowest BCUT2D eigenvalue weighted by atomic mass is 10.2. The monoisotopic (exact) mass is 420 g/mol. The van der Waals surface area contributed by atoms with Crippen molar-refractivity contribution in [3.05, 3.63) is 21.0 Å². The van der Waals surface area contributed by atoms with Crippen molar-refractivity contribution in [2.45, 2.75) is 18.1 Å². The first-order valence-corrected chi connectivity index (χ1v) is 6.44. The van der Waals surface area contributed by atoms with Crippen molar-refractivity contribution in [3.8, 4) is 11.8 Å². The highest BCUT2D eigenvalue weighted by Gasteiger charge is 2.32. The number of hydrogen-bond acceptors (Lipinski definition) is 3. The molecule has 3 nitrogen and oxygen atoms in total. The van der Waals surface area contributed by atoms with Crippen LogP contribution in [0.1, 0.15) is 11.3 Å². The standard InChI is InChI=1S/C9H5BrF3IN2O/c10-4-6-7(17-9(11,12)13)3-5(1-2-15)16-8(6)14/h3H,1,4H2. The fraction of sp³-hybridized carbons (Fsp3) is 0.333. The normalized spacial score (nSPS) is 11.1. The van der Waals surface area contributed by atoms with Crippen LogP contribution in [0.2, 0.25) is 0 Å². The second kappa shape index (κ2) is 5.86. The topological polar surface area (TPSA) is 45.9 Å². The molecule has 92 valence electrons. The lowest BCUT2D eigenvalue weighted by molar-refractivity contribution is -0.274. The molecule has 1 aromatic heterocycles. The van der Waals surface area contributed by atoms with Gasteiger partial charge in [0.2, 0.25) is 0 Å². The summed E-state index contributed by atoms with van der Waals surface area (Å²) in [4.78, 5) is 4.01. The Morgan fingerprint density at radius 2 is 2.18 bits per heavy atom.